The van der Waals surface area contributed by atoms with Crippen molar-refractivity contribution in [2.75, 3.05) is 0 Å². The van der Waals surface area contributed by atoms with Gasteiger partial charge in [0, 0.05) is 5.56 Å². The topological polar surface area (TPSA) is 83.8 Å². The molecule has 0 aliphatic heterocycles. The maximum atomic E-state index is 11.3. The van der Waals surface area contributed by atoms with Crippen molar-refractivity contribution < 1.29 is 4.79 Å². The van der Waals surface area contributed by atoms with Crippen LogP contribution < -0.4 is 11.3 Å². The molecule has 1 heterocycles. The fourth-order valence-corrected chi connectivity index (χ4v) is 1.57. The van der Waals surface area contributed by atoms with Crippen molar-refractivity contribution >= 4 is 5.91 Å². The Morgan fingerprint density at radius 2 is 2.12 bits per heavy atom. The van der Waals surface area contributed by atoms with E-state index in [0.717, 1.165) is 17.7 Å². The van der Waals surface area contributed by atoms with Gasteiger partial charge in [-0.15, -0.1) is 0 Å². The lowest BCUT2D eigenvalue weighted by molar-refractivity contribution is 0.0948. The highest BCUT2D eigenvalue weighted by Gasteiger charge is 2.09. The number of nitrogens with zero attached hydrogens (tertiary/aromatic N) is 1. The second-order valence-corrected chi connectivity index (χ2v) is 3.69. The lowest BCUT2D eigenvalue weighted by atomic mass is 10.1. The van der Waals surface area contributed by atoms with Gasteiger partial charge in [0.1, 0.15) is 5.69 Å². The van der Waals surface area contributed by atoms with Gasteiger partial charge < -0.3 is 0 Å². The third kappa shape index (κ3) is 2.34. The minimum Gasteiger partial charge on any atom is -0.289 e. The van der Waals surface area contributed by atoms with Gasteiger partial charge in [0.25, 0.3) is 5.91 Å². The molecule has 1 aromatic heterocycles. The van der Waals surface area contributed by atoms with E-state index in [1.54, 1.807) is 6.07 Å². The van der Waals surface area contributed by atoms with E-state index in [1.807, 2.05) is 24.3 Å². The highest BCUT2D eigenvalue weighted by molar-refractivity contribution is 5.92. The SMILES string of the molecule is CCc1ccc(-c2cc(C(=O)NN)[nH]n2)cc1. The molecular formula is C12H14N4O. The summed E-state index contributed by atoms with van der Waals surface area (Å²) in [6.07, 6.45) is 1.00. The Hall–Kier alpha value is -2.14. The zero-order valence-corrected chi connectivity index (χ0v) is 9.53. The predicted octanol–water partition coefficient (Wildman–Crippen LogP) is 1.24. The zero-order chi connectivity index (χ0) is 12.3. The maximum absolute atomic E-state index is 11.3. The summed E-state index contributed by atoms with van der Waals surface area (Å²) >= 11 is 0. The number of amides is 1. The van der Waals surface area contributed by atoms with Crippen LogP contribution >= 0.6 is 0 Å². The summed E-state index contributed by atoms with van der Waals surface area (Å²) in [6, 6.07) is 9.74. The second-order valence-electron chi connectivity index (χ2n) is 3.69. The number of hydrazine groups is 1. The number of aryl methyl sites for hydroxylation is 1. The largest absolute Gasteiger partial charge is 0.289 e. The second kappa shape index (κ2) is 4.80. The molecule has 2 aromatic rings. The number of H-pyrrole nitrogens is 1. The molecule has 5 heteroatoms. The quantitative estimate of drug-likeness (QED) is 0.421. The molecule has 0 aliphatic rings. The van der Waals surface area contributed by atoms with Crippen LogP contribution in [0.5, 0.6) is 0 Å². The number of carbonyl (C=O) groups is 1. The molecule has 2 rings (SSSR count). The van der Waals surface area contributed by atoms with Crippen molar-refractivity contribution in [2.45, 2.75) is 13.3 Å². The molecule has 0 aliphatic carbocycles. The molecule has 0 bridgehead atoms. The van der Waals surface area contributed by atoms with Crippen LogP contribution in [0.3, 0.4) is 0 Å². The van der Waals surface area contributed by atoms with Gasteiger partial charge in [0.2, 0.25) is 0 Å². The van der Waals surface area contributed by atoms with E-state index in [1.165, 1.54) is 5.56 Å². The molecule has 0 unspecified atom stereocenters. The maximum Gasteiger partial charge on any atom is 0.283 e. The smallest absolute Gasteiger partial charge is 0.283 e. The van der Waals surface area contributed by atoms with Gasteiger partial charge in [-0.2, -0.15) is 5.10 Å². The Morgan fingerprint density at radius 1 is 1.41 bits per heavy atom. The number of rotatable bonds is 3. The molecule has 0 fully saturated rings. The van der Waals surface area contributed by atoms with Crippen LogP contribution in [0.15, 0.2) is 30.3 Å². The normalized spacial score (nSPS) is 10.2. The van der Waals surface area contributed by atoms with Gasteiger partial charge in [0.15, 0.2) is 0 Å². The summed E-state index contributed by atoms with van der Waals surface area (Å²) in [5.41, 5.74) is 5.37. The number of aromatic amines is 1. The minimum absolute atomic E-state index is 0.349. The number of hydrogen-bond donors (Lipinski definition) is 3. The molecule has 5 nitrogen and oxygen atoms in total. The summed E-state index contributed by atoms with van der Waals surface area (Å²) in [5, 5.41) is 6.71. The van der Waals surface area contributed by atoms with Crippen molar-refractivity contribution in [1.82, 2.24) is 15.6 Å². The molecule has 0 radical (unpaired) electrons. The number of carbonyl (C=O) groups excluding carboxylic acids is 1. The van der Waals surface area contributed by atoms with E-state index in [2.05, 4.69) is 22.5 Å². The number of nitrogens with two attached hydrogens (primary N) is 1. The minimum atomic E-state index is -0.381. The molecular weight excluding hydrogens is 216 g/mol. The first-order chi connectivity index (χ1) is 8.24. The summed E-state index contributed by atoms with van der Waals surface area (Å²) in [5.74, 6) is 4.66. The van der Waals surface area contributed by atoms with Crippen LogP contribution in [0.1, 0.15) is 23.0 Å². The number of aromatic nitrogens is 2. The van der Waals surface area contributed by atoms with Crippen LogP contribution in [0.2, 0.25) is 0 Å². The number of hydrogen-bond acceptors (Lipinski definition) is 3. The molecule has 0 atom stereocenters. The van der Waals surface area contributed by atoms with Gasteiger partial charge >= 0.3 is 0 Å². The van der Waals surface area contributed by atoms with Crippen molar-refractivity contribution in [3.63, 3.8) is 0 Å². The molecule has 0 saturated carbocycles. The van der Waals surface area contributed by atoms with Crippen molar-refractivity contribution in [3.05, 3.63) is 41.6 Å². The van der Waals surface area contributed by atoms with Crippen LogP contribution in [-0.4, -0.2) is 16.1 Å². The van der Waals surface area contributed by atoms with Crippen LogP contribution in [-0.2, 0) is 6.42 Å². The number of benzene rings is 1. The fourth-order valence-electron chi connectivity index (χ4n) is 1.57. The van der Waals surface area contributed by atoms with E-state index in [9.17, 15) is 4.79 Å². The summed E-state index contributed by atoms with van der Waals surface area (Å²) in [7, 11) is 0. The van der Waals surface area contributed by atoms with Gasteiger partial charge in [-0.1, -0.05) is 31.2 Å². The molecule has 17 heavy (non-hydrogen) atoms. The summed E-state index contributed by atoms with van der Waals surface area (Å²) in [4.78, 5) is 11.3. The molecule has 0 spiro atoms. The predicted molar refractivity (Wildman–Crippen MR) is 65.1 cm³/mol. The van der Waals surface area contributed by atoms with Crippen LogP contribution in [0.4, 0.5) is 0 Å². The highest BCUT2D eigenvalue weighted by atomic mass is 16.2. The van der Waals surface area contributed by atoms with Crippen molar-refractivity contribution in [3.8, 4) is 11.3 Å². The molecule has 1 aromatic carbocycles. The lowest BCUT2D eigenvalue weighted by Crippen LogP contribution is -2.30. The Labute approximate surface area is 99.0 Å². The first-order valence-corrected chi connectivity index (χ1v) is 5.40. The number of nitrogens with one attached hydrogen (secondary N) is 2. The summed E-state index contributed by atoms with van der Waals surface area (Å²) in [6.45, 7) is 2.10. The lowest BCUT2D eigenvalue weighted by Gasteiger charge is -1.98. The van der Waals surface area contributed by atoms with Crippen molar-refractivity contribution in [1.29, 1.82) is 0 Å². The Kier molecular flexibility index (Phi) is 3.20. The average Bonchev–Trinajstić information content (AvgIpc) is 2.87. The first kappa shape index (κ1) is 11.3. The average molecular weight is 230 g/mol. The van der Waals surface area contributed by atoms with E-state index in [0.29, 0.717) is 5.69 Å². The van der Waals surface area contributed by atoms with Gasteiger partial charge in [0.05, 0.1) is 5.69 Å². The molecule has 0 saturated heterocycles. The van der Waals surface area contributed by atoms with E-state index < -0.39 is 0 Å². The van der Waals surface area contributed by atoms with Crippen LogP contribution in [0.25, 0.3) is 11.3 Å². The zero-order valence-electron chi connectivity index (χ0n) is 9.53. The monoisotopic (exact) mass is 230 g/mol. The Morgan fingerprint density at radius 3 is 2.71 bits per heavy atom. The first-order valence-electron chi connectivity index (χ1n) is 5.40. The highest BCUT2D eigenvalue weighted by Crippen LogP contribution is 2.18. The van der Waals surface area contributed by atoms with Gasteiger partial charge in [-0.3, -0.25) is 15.3 Å². The number of nitrogen functional groups attached to an aromatic ring is 1. The van der Waals surface area contributed by atoms with Crippen LogP contribution in [0, 0.1) is 0 Å². The van der Waals surface area contributed by atoms with Gasteiger partial charge in [-0.25, -0.2) is 5.84 Å². The van der Waals surface area contributed by atoms with Gasteiger partial charge in [-0.05, 0) is 18.1 Å². The Balaban J connectivity index is 2.27. The van der Waals surface area contributed by atoms with E-state index in [4.69, 9.17) is 5.84 Å². The standard InChI is InChI=1S/C12H14N4O/c1-2-8-3-5-9(6-4-8)10-7-11(16-15-10)12(17)14-13/h3-7H,2,13H2,1H3,(H,14,17)(H,15,16). The fraction of sp³-hybridized carbons (Fsp3) is 0.167. The molecule has 4 N–H and O–H groups in total. The third-order valence-corrected chi connectivity index (χ3v) is 2.61. The Bertz CT molecular complexity index is 516. The third-order valence-electron chi connectivity index (χ3n) is 2.61. The van der Waals surface area contributed by atoms with E-state index in [-0.39, 0.29) is 5.91 Å². The van der Waals surface area contributed by atoms with Crippen molar-refractivity contribution in [2.24, 2.45) is 5.84 Å². The van der Waals surface area contributed by atoms with E-state index >= 15 is 0 Å². The molecule has 88 valence electrons. The summed E-state index contributed by atoms with van der Waals surface area (Å²) < 4.78 is 0. The molecule has 1 amide bonds.